The zero-order valence-corrected chi connectivity index (χ0v) is 9.62. The number of aryl methyl sites for hydroxylation is 1. The number of nitrogens with zero attached hydrogens (tertiary/aromatic N) is 3. The number of anilines is 1. The monoisotopic (exact) mass is 256 g/mol. The molecule has 0 radical (unpaired) electrons. The fraction of sp³-hybridized carbons (Fsp3) is 0.455. The van der Waals surface area contributed by atoms with Crippen molar-refractivity contribution in [1.82, 2.24) is 14.6 Å². The summed E-state index contributed by atoms with van der Waals surface area (Å²) >= 11 is 0. The quantitative estimate of drug-likeness (QED) is 0.851. The van der Waals surface area contributed by atoms with Crippen molar-refractivity contribution in [3.05, 3.63) is 23.7 Å². The van der Waals surface area contributed by atoms with E-state index in [1.54, 1.807) is 13.0 Å². The van der Waals surface area contributed by atoms with Gasteiger partial charge in [-0.3, -0.25) is 0 Å². The summed E-state index contributed by atoms with van der Waals surface area (Å²) in [5.74, 6) is 0. The Bertz CT molecular complexity index is 625. The molecule has 0 saturated heterocycles. The number of rotatable bonds is 1. The van der Waals surface area contributed by atoms with Crippen LogP contribution in [0.4, 0.5) is 18.9 Å². The first-order valence-electron chi connectivity index (χ1n) is 5.53. The van der Waals surface area contributed by atoms with Gasteiger partial charge in [-0.05, 0) is 19.8 Å². The summed E-state index contributed by atoms with van der Waals surface area (Å²) in [4.78, 5) is 3.99. The number of hydrogen-bond acceptors (Lipinski definition) is 3. The highest BCUT2D eigenvalue weighted by molar-refractivity contribution is 5.55. The molecule has 0 spiro atoms. The lowest BCUT2D eigenvalue weighted by Crippen LogP contribution is -2.32. The minimum absolute atomic E-state index is 0.0214. The lowest BCUT2D eigenvalue weighted by Gasteiger charge is -2.21. The molecule has 2 aromatic heterocycles. The SMILES string of the molecule is Cc1cc2ncc(N)c(C3(C(F)(F)F)CC3)n2n1. The Morgan fingerprint density at radius 1 is 1.39 bits per heavy atom. The minimum atomic E-state index is -4.31. The van der Waals surface area contributed by atoms with Gasteiger partial charge in [-0.1, -0.05) is 0 Å². The number of nitrogen functional groups attached to an aromatic ring is 1. The van der Waals surface area contributed by atoms with E-state index in [1.807, 2.05) is 0 Å². The molecule has 3 rings (SSSR count). The average Bonchev–Trinajstić information content (AvgIpc) is 2.95. The van der Waals surface area contributed by atoms with E-state index in [4.69, 9.17) is 5.73 Å². The van der Waals surface area contributed by atoms with Crippen molar-refractivity contribution in [2.75, 3.05) is 5.73 Å². The van der Waals surface area contributed by atoms with Gasteiger partial charge in [0, 0.05) is 6.07 Å². The van der Waals surface area contributed by atoms with Crippen molar-refractivity contribution in [3.8, 4) is 0 Å². The summed E-state index contributed by atoms with van der Waals surface area (Å²) in [7, 11) is 0. The number of nitrogens with two attached hydrogens (primary N) is 1. The van der Waals surface area contributed by atoms with Gasteiger partial charge < -0.3 is 5.73 Å². The largest absolute Gasteiger partial charge is 0.400 e. The second-order valence-corrected chi connectivity index (χ2v) is 4.70. The van der Waals surface area contributed by atoms with E-state index in [0.29, 0.717) is 11.3 Å². The molecule has 1 saturated carbocycles. The molecule has 0 unspecified atom stereocenters. The zero-order chi connectivity index (χ0) is 13.1. The van der Waals surface area contributed by atoms with Gasteiger partial charge in [-0.2, -0.15) is 18.3 Å². The van der Waals surface area contributed by atoms with Crippen LogP contribution in [0.3, 0.4) is 0 Å². The highest BCUT2D eigenvalue weighted by Crippen LogP contribution is 2.59. The topological polar surface area (TPSA) is 56.2 Å². The summed E-state index contributed by atoms with van der Waals surface area (Å²) in [6.45, 7) is 1.71. The van der Waals surface area contributed by atoms with Crippen molar-refractivity contribution < 1.29 is 13.2 Å². The molecule has 1 aliphatic rings. The van der Waals surface area contributed by atoms with Crippen LogP contribution >= 0.6 is 0 Å². The molecule has 1 aliphatic carbocycles. The number of fused-ring (bicyclic) bond motifs is 1. The molecule has 0 aliphatic heterocycles. The third kappa shape index (κ3) is 1.33. The van der Waals surface area contributed by atoms with Crippen molar-refractivity contribution in [3.63, 3.8) is 0 Å². The smallest absolute Gasteiger partial charge is 0.396 e. The highest BCUT2D eigenvalue weighted by atomic mass is 19.4. The first-order chi connectivity index (χ1) is 8.35. The maximum Gasteiger partial charge on any atom is 0.400 e. The van der Waals surface area contributed by atoms with E-state index in [2.05, 4.69) is 10.1 Å². The van der Waals surface area contributed by atoms with Gasteiger partial charge in [0.2, 0.25) is 0 Å². The van der Waals surface area contributed by atoms with Crippen LogP contribution in [0.25, 0.3) is 5.65 Å². The molecule has 0 bridgehead atoms. The summed E-state index contributed by atoms with van der Waals surface area (Å²) in [5, 5.41) is 4.07. The van der Waals surface area contributed by atoms with Crippen molar-refractivity contribution in [1.29, 1.82) is 0 Å². The Kier molecular flexibility index (Phi) is 1.98. The number of hydrogen-bond donors (Lipinski definition) is 1. The normalized spacial score (nSPS) is 18.2. The molecule has 0 aromatic carbocycles. The molecule has 96 valence electrons. The number of alkyl halides is 3. The van der Waals surface area contributed by atoms with Gasteiger partial charge in [-0.25, -0.2) is 9.50 Å². The van der Waals surface area contributed by atoms with Crippen LogP contribution in [0.1, 0.15) is 24.2 Å². The second kappa shape index (κ2) is 3.15. The maximum absolute atomic E-state index is 13.2. The first-order valence-corrected chi connectivity index (χ1v) is 5.53. The van der Waals surface area contributed by atoms with Crippen LogP contribution in [0.2, 0.25) is 0 Å². The molecule has 2 aromatic rings. The van der Waals surface area contributed by atoms with Gasteiger partial charge in [-0.15, -0.1) is 0 Å². The van der Waals surface area contributed by atoms with E-state index in [1.165, 1.54) is 10.7 Å². The molecule has 0 atom stereocenters. The lowest BCUT2D eigenvalue weighted by molar-refractivity contribution is -0.161. The zero-order valence-electron chi connectivity index (χ0n) is 9.62. The van der Waals surface area contributed by atoms with Crippen LogP contribution in [0.15, 0.2) is 12.3 Å². The van der Waals surface area contributed by atoms with Gasteiger partial charge in [0.25, 0.3) is 0 Å². The molecule has 7 heteroatoms. The molecular weight excluding hydrogens is 245 g/mol. The fourth-order valence-electron chi connectivity index (χ4n) is 2.32. The van der Waals surface area contributed by atoms with Crippen LogP contribution in [0, 0.1) is 6.92 Å². The Hall–Kier alpha value is -1.79. The molecule has 2 heterocycles. The van der Waals surface area contributed by atoms with Crippen LogP contribution in [-0.4, -0.2) is 20.8 Å². The maximum atomic E-state index is 13.2. The second-order valence-electron chi connectivity index (χ2n) is 4.70. The van der Waals surface area contributed by atoms with Gasteiger partial charge in [0.1, 0.15) is 5.41 Å². The Morgan fingerprint density at radius 2 is 2.06 bits per heavy atom. The predicted molar refractivity (Wildman–Crippen MR) is 59.1 cm³/mol. The molecule has 0 amide bonds. The third-order valence-corrected chi connectivity index (χ3v) is 3.38. The fourth-order valence-corrected chi connectivity index (χ4v) is 2.32. The predicted octanol–water partition coefficient (Wildman–Crippen LogP) is 2.21. The Morgan fingerprint density at radius 3 is 2.61 bits per heavy atom. The number of aromatic nitrogens is 3. The van der Waals surface area contributed by atoms with E-state index in [9.17, 15) is 13.2 Å². The standard InChI is InChI=1S/C11H11F3N4/c1-6-4-8-16-5-7(15)9(18(8)17-6)10(2-3-10)11(12,13)14/h4-5H,2-3,15H2,1H3. The summed E-state index contributed by atoms with van der Waals surface area (Å²) < 4.78 is 40.8. The van der Waals surface area contributed by atoms with Crippen LogP contribution < -0.4 is 5.73 Å². The molecular formula is C11H11F3N4. The summed E-state index contributed by atoms with van der Waals surface area (Å²) in [6.07, 6.45) is -2.93. The van der Waals surface area contributed by atoms with E-state index >= 15 is 0 Å². The van der Waals surface area contributed by atoms with Crippen molar-refractivity contribution in [2.24, 2.45) is 0 Å². The van der Waals surface area contributed by atoms with Crippen molar-refractivity contribution >= 4 is 11.3 Å². The van der Waals surface area contributed by atoms with Gasteiger partial charge >= 0.3 is 6.18 Å². The summed E-state index contributed by atoms with van der Waals surface area (Å²) in [6, 6.07) is 1.63. The van der Waals surface area contributed by atoms with E-state index < -0.39 is 11.6 Å². The van der Waals surface area contributed by atoms with Crippen LogP contribution in [0.5, 0.6) is 0 Å². The van der Waals surface area contributed by atoms with E-state index in [-0.39, 0.29) is 24.2 Å². The lowest BCUT2D eigenvalue weighted by atomic mass is 10.00. The van der Waals surface area contributed by atoms with Gasteiger partial charge in [0.05, 0.1) is 23.3 Å². The average molecular weight is 256 g/mol. The summed E-state index contributed by atoms with van der Waals surface area (Å²) in [5.41, 5.74) is 4.92. The first kappa shape index (κ1) is 11.3. The Labute approximate surface area is 101 Å². The van der Waals surface area contributed by atoms with Gasteiger partial charge in [0.15, 0.2) is 5.65 Å². The molecule has 4 nitrogen and oxygen atoms in total. The third-order valence-electron chi connectivity index (χ3n) is 3.38. The molecule has 2 N–H and O–H groups in total. The molecule has 18 heavy (non-hydrogen) atoms. The van der Waals surface area contributed by atoms with Crippen LogP contribution in [-0.2, 0) is 5.41 Å². The minimum Gasteiger partial charge on any atom is -0.396 e. The van der Waals surface area contributed by atoms with Crippen molar-refractivity contribution in [2.45, 2.75) is 31.4 Å². The number of halogens is 3. The molecule has 1 fully saturated rings. The van der Waals surface area contributed by atoms with E-state index in [0.717, 1.165) is 0 Å². The highest BCUT2D eigenvalue weighted by Gasteiger charge is 2.66. The Balaban J connectivity index is 2.32.